The van der Waals surface area contributed by atoms with Crippen molar-refractivity contribution in [3.63, 3.8) is 0 Å². The van der Waals surface area contributed by atoms with Gasteiger partial charge in [0.1, 0.15) is 16.5 Å². The van der Waals surface area contributed by atoms with Crippen LogP contribution in [0.3, 0.4) is 0 Å². The van der Waals surface area contributed by atoms with Gasteiger partial charge < -0.3 is 14.8 Å². The van der Waals surface area contributed by atoms with Crippen molar-refractivity contribution in [1.82, 2.24) is 4.98 Å². The molecule has 0 aliphatic rings. The predicted octanol–water partition coefficient (Wildman–Crippen LogP) is 4.79. The highest BCUT2D eigenvalue weighted by Gasteiger charge is 2.13. The maximum absolute atomic E-state index is 12.5. The Labute approximate surface area is 163 Å². The summed E-state index contributed by atoms with van der Waals surface area (Å²) in [5.74, 6) is 1.17. The van der Waals surface area contributed by atoms with Crippen molar-refractivity contribution in [2.24, 2.45) is 0 Å². The molecule has 140 valence electrons. The second-order valence-electron chi connectivity index (χ2n) is 5.76. The Hall–Kier alpha value is -2.86. The minimum atomic E-state index is -0.144. The highest BCUT2D eigenvalue weighted by Crippen LogP contribution is 2.30. The molecule has 0 unspecified atom stereocenters. The molecular weight excluding hydrogens is 360 g/mol. The summed E-state index contributed by atoms with van der Waals surface area (Å²) in [6, 6.07) is 15.4. The number of nitrogens with one attached hydrogen (secondary N) is 1. The van der Waals surface area contributed by atoms with E-state index in [1.54, 1.807) is 12.1 Å². The van der Waals surface area contributed by atoms with Crippen LogP contribution in [0, 0.1) is 0 Å². The number of amides is 1. The van der Waals surface area contributed by atoms with Gasteiger partial charge in [0.25, 0.3) is 0 Å². The molecule has 5 nitrogen and oxygen atoms in total. The summed E-state index contributed by atoms with van der Waals surface area (Å²) >= 11 is 1.54. The summed E-state index contributed by atoms with van der Waals surface area (Å²) in [5.41, 5.74) is 2.40. The zero-order valence-corrected chi connectivity index (χ0v) is 16.2. The molecule has 0 atom stereocenters. The summed E-state index contributed by atoms with van der Waals surface area (Å²) in [7, 11) is 0. The molecule has 0 radical (unpaired) electrons. The average Bonchev–Trinajstić information content (AvgIpc) is 3.13. The van der Waals surface area contributed by atoms with Crippen LogP contribution < -0.4 is 14.8 Å². The SMILES string of the molecule is CCOc1ccc(OCC)c(NC(=O)Cc2csc(-c3ccccc3)n2)c1. The highest BCUT2D eigenvalue weighted by atomic mass is 32.1. The lowest BCUT2D eigenvalue weighted by Gasteiger charge is -2.13. The van der Waals surface area contributed by atoms with Gasteiger partial charge >= 0.3 is 0 Å². The molecule has 0 fully saturated rings. The van der Waals surface area contributed by atoms with Crippen LogP contribution in [0.15, 0.2) is 53.9 Å². The number of anilines is 1. The first-order valence-electron chi connectivity index (χ1n) is 8.89. The molecule has 0 aliphatic heterocycles. The van der Waals surface area contributed by atoms with E-state index in [0.29, 0.717) is 30.4 Å². The third-order valence-corrected chi connectivity index (χ3v) is 4.69. The lowest BCUT2D eigenvalue weighted by Crippen LogP contribution is -2.15. The van der Waals surface area contributed by atoms with Gasteiger partial charge in [-0.15, -0.1) is 11.3 Å². The Morgan fingerprint density at radius 2 is 1.85 bits per heavy atom. The summed E-state index contributed by atoms with van der Waals surface area (Å²) in [6.45, 7) is 4.90. The van der Waals surface area contributed by atoms with E-state index in [1.807, 2.05) is 55.6 Å². The fourth-order valence-corrected chi connectivity index (χ4v) is 3.43. The molecule has 0 bridgehead atoms. The van der Waals surface area contributed by atoms with E-state index in [4.69, 9.17) is 9.47 Å². The maximum atomic E-state index is 12.5. The number of hydrogen-bond donors (Lipinski definition) is 1. The third-order valence-electron chi connectivity index (χ3n) is 3.75. The Kier molecular flexibility index (Phi) is 6.44. The molecule has 6 heteroatoms. The molecule has 27 heavy (non-hydrogen) atoms. The highest BCUT2D eigenvalue weighted by molar-refractivity contribution is 7.13. The molecule has 2 aromatic carbocycles. The van der Waals surface area contributed by atoms with Crippen LogP contribution in [0.1, 0.15) is 19.5 Å². The lowest BCUT2D eigenvalue weighted by atomic mass is 10.2. The number of hydrogen-bond acceptors (Lipinski definition) is 5. The molecule has 1 N–H and O–H groups in total. The van der Waals surface area contributed by atoms with Crippen molar-refractivity contribution in [2.75, 3.05) is 18.5 Å². The van der Waals surface area contributed by atoms with Gasteiger partial charge in [-0.2, -0.15) is 0 Å². The molecule has 0 spiro atoms. The zero-order valence-electron chi connectivity index (χ0n) is 15.4. The first-order chi connectivity index (χ1) is 13.2. The smallest absolute Gasteiger partial charge is 0.230 e. The molecule has 3 aromatic rings. The van der Waals surface area contributed by atoms with Crippen LogP contribution in [-0.4, -0.2) is 24.1 Å². The molecule has 0 aliphatic carbocycles. The minimum Gasteiger partial charge on any atom is -0.494 e. The Balaban J connectivity index is 1.70. The predicted molar refractivity (Wildman–Crippen MR) is 109 cm³/mol. The summed E-state index contributed by atoms with van der Waals surface area (Å²) < 4.78 is 11.1. The number of benzene rings is 2. The number of carbonyl (C=O) groups is 1. The number of aromatic nitrogens is 1. The van der Waals surface area contributed by atoms with E-state index in [2.05, 4.69) is 10.3 Å². The zero-order chi connectivity index (χ0) is 19.1. The fraction of sp³-hybridized carbons (Fsp3) is 0.238. The molecule has 0 saturated carbocycles. The van der Waals surface area contributed by atoms with Crippen molar-refractivity contribution in [3.05, 3.63) is 59.6 Å². The van der Waals surface area contributed by atoms with Crippen LogP contribution >= 0.6 is 11.3 Å². The van der Waals surface area contributed by atoms with Gasteiger partial charge in [-0.25, -0.2) is 4.98 Å². The Morgan fingerprint density at radius 1 is 1.07 bits per heavy atom. The molecular formula is C21H22N2O3S. The van der Waals surface area contributed by atoms with Crippen LogP contribution in [0.4, 0.5) is 5.69 Å². The van der Waals surface area contributed by atoms with E-state index in [1.165, 1.54) is 11.3 Å². The maximum Gasteiger partial charge on any atom is 0.230 e. The van der Waals surface area contributed by atoms with Gasteiger partial charge in [-0.1, -0.05) is 30.3 Å². The molecule has 3 rings (SSSR count). The second kappa shape index (κ2) is 9.19. The monoisotopic (exact) mass is 382 g/mol. The van der Waals surface area contributed by atoms with Gasteiger partial charge in [0, 0.05) is 17.0 Å². The standard InChI is InChI=1S/C21H22N2O3S/c1-3-25-17-10-11-19(26-4-2)18(13-17)23-20(24)12-16-14-27-21(22-16)15-8-6-5-7-9-15/h5-11,13-14H,3-4,12H2,1-2H3,(H,23,24). The van der Waals surface area contributed by atoms with Crippen LogP contribution in [0.25, 0.3) is 10.6 Å². The number of thiazole rings is 1. The lowest BCUT2D eigenvalue weighted by molar-refractivity contribution is -0.115. The molecule has 1 amide bonds. The van der Waals surface area contributed by atoms with Crippen molar-refractivity contribution in [3.8, 4) is 22.1 Å². The van der Waals surface area contributed by atoms with Gasteiger partial charge in [-0.3, -0.25) is 4.79 Å². The van der Waals surface area contributed by atoms with Crippen molar-refractivity contribution in [2.45, 2.75) is 20.3 Å². The topological polar surface area (TPSA) is 60.5 Å². The average molecular weight is 382 g/mol. The van der Waals surface area contributed by atoms with Gasteiger partial charge in [-0.05, 0) is 26.0 Å². The number of ether oxygens (including phenoxy) is 2. The van der Waals surface area contributed by atoms with E-state index in [0.717, 1.165) is 16.3 Å². The van der Waals surface area contributed by atoms with E-state index in [9.17, 15) is 4.79 Å². The first-order valence-corrected chi connectivity index (χ1v) is 9.77. The van der Waals surface area contributed by atoms with Gasteiger partial charge in [0.05, 0.1) is 31.0 Å². The summed E-state index contributed by atoms with van der Waals surface area (Å²) in [6.07, 6.45) is 0.202. The van der Waals surface area contributed by atoms with Crippen LogP contribution in [0.5, 0.6) is 11.5 Å². The summed E-state index contributed by atoms with van der Waals surface area (Å²) in [4.78, 5) is 17.1. The van der Waals surface area contributed by atoms with Crippen molar-refractivity contribution in [1.29, 1.82) is 0 Å². The van der Waals surface area contributed by atoms with Crippen molar-refractivity contribution < 1.29 is 14.3 Å². The molecule has 1 heterocycles. The Bertz CT molecular complexity index is 893. The van der Waals surface area contributed by atoms with E-state index < -0.39 is 0 Å². The van der Waals surface area contributed by atoms with Crippen LogP contribution in [0.2, 0.25) is 0 Å². The first kappa shape index (κ1) is 18.9. The van der Waals surface area contributed by atoms with Crippen LogP contribution in [-0.2, 0) is 11.2 Å². The number of carbonyl (C=O) groups excluding carboxylic acids is 1. The Morgan fingerprint density at radius 3 is 2.59 bits per heavy atom. The van der Waals surface area contributed by atoms with Gasteiger partial charge in [0.15, 0.2) is 0 Å². The molecule has 1 aromatic heterocycles. The van der Waals surface area contributed by atoms with E-state index >= 15 is 0 Å². The summed E-state index contributed by atoms with van der Waals surface area (Å²) in [5, 5.41) is 5.74. The van der Waals surface area contributed by atoms with Crippen molar-refractivity contribution >= 4 is 22.9 Å². The molecule has 0 saturated heterocycles. The third kappa shape index (κ3) is 5.08. The second-order valence-corrected chi connectivity index (χ2v) is 6.62. The normalized spacial score (nSPS) is 10.4. The van der Waals surface area contributed by atoms with Gasteiger partial charge in [0.2, 0.25) is 5.91 Å². The quantitative estimate of drug-likeness (QED) is 0.609. The number of nitrogens with zero attached hydrogens (tertiary/aromatic N) is 1. The van der Waals surface area contributed by atoms with E-state index in [-0.39, 0.29) is 12.3 Å². The number of rotatable bonds is 8. The fourth-order valence-electron chi connectivity index (χ4n) is 2.60. The minimum absolute atomic E-state index is 0.144. The largest absolute Gasteiger partial charge is 0.494 e.